The maximum absolute atomic E-state index is 12.4. The van der Waals surface area contributed by atoms with Gasteiger partial charge in [0, 0.05) is 24.6 Å². The Morgan fingerprint density at radius 1 is 1.08 bits per heavy atom. The zero-order valence-electron chi connectivity index (χ0n) is 15.2. The molecule has 0 heterocycles. The number of carbonyl (C=O) groups excluding carboxylic acids is 1. The first kappa shape index (κ1) is 19.0. The van der Waals surface area contributed by atoms with Crippen LogP contribution in [0.3, 0.4) is 0 Å². The fourth-order valence-corrected chi connectivity index (χ4v) is 2.61. The summed E-state index contributed by atoms with van der Waals surface area (Å²) >= 11 is 0. The van der Waals surface area contributed by atoms with Crippen molar-refractivity contribution >= 4 is 5.91 Å². The number of hydrogen-bond acceptors (Lipinski definition) is 3. The predicted octanol–water partition coefficient (Wildman–Crippen LogP) is 3.76. The van der Waals surface area contributed by atoms with E-state index in [0.717, 1.165) is 11.3 Å². The van der Waals surface area contributed by atoms with Crippen LogP contribution < -0.4 is 10.1 Å². The molecule has 4 nitrogen and oxygen atoms in total. The van der Waals surface area contributed by atoms with Crippen LogP contribution in [0.5, 0.6) is 5.75 Å². The highest BCUT2D eigenvalue weighted by molar-refractivity contribution is 5.94. The Hall–Kier alpha value is -2.33. The number of amides is 1. The van der Waals surface area contributed by atoms with Crippen LogP contribution in [0.15, 0.2) is 54.6 Å². The zero-order chi connectivity index (χ0) is 18.3. The number of aliphatic hydroxyl groups excluding tert-OH is 1. The normalized spacial score (nSPS) is 12.5. The number of carbonyl (C=O) groups is 1. The first-order valence-corrected chi connectivity index (χ1v) is 8.62. The van der Waals surface area contributed by atoms with Gasteiger partial charge in [0.2, 0.25) is 0 Å². The molecule has 1 unspecified atom stereocenters. The number of nitrogens with one attached hydrogen (secondary N) is 1. The van der Waals surface area contributed by atoms with Crippen LogP contribution in [0.25, 0.3) is 0 Å². The largest absolute Gasteiger partial charge is 0.488 e. The van der Waals surface area contributed by atoms with Crippen molar-refractivity contribution in [3.8, 4) is 5.75 Å². The van der Waals surface area contributed by atoms with Crippen LogP contribution >= 0.6 is 0 Å². The third kappa shape index (κ3) is 6.24. The minimum Gasteiger partial charge on any atom is -0.488 e. The highest BCUT2D eigenvalue weighted by Gasteiger charge is 2.15. The molecule has 0 spiro atoms. The average Bonchev–Trinajstić information content (AvgIpc) is 2.58. The molecular formula is C21H27NO3. The molecule has 2 rings (SSSR count). The molecule has 0 bridgehead atoms. The van der Waals surface area contributed by atoms with Crippen molar-refractivity contribution in [1.29, 1.82) is 0 Å². The summed E-state index contributed by atoms with van der Waals surface area (Å²) in [6.07, 6.45) is 0.614. The van der Waals surface area contributed by atoms with E-state index >= 15 is 0 Å². The van der Waals surface area contributed by atoms with Gasteiger partial charge in [0.1, 0.15) is 11.4 Å². The molecule has 0 aliphatic heterocycles. The van der Waals surface area contributed by atoms with E-state index in [9.17, 15) is 9.90 Å². The molecule has 0 fully saturated rings. The Bertz CT molecular complexity index is 660. The molecule has 1 amide bonds. The topological polar surface area (TPSA) is 58.6 Å². The van der Waals surface area contributed by atoms with Gasteiger partial charge in [-0.15, -0.1) is 0 Å². The maximum Gasteiger partial charge on any atom is 0.251 e. The Morgan fingerprint density at radius 2 is 1.72 bits per heavy atom. The number of ether oxygens (including phenoxy) is 1. The first-order valence-electron chi connectivity index (χ1n) is 8.62. The first-order chi connectivity index (χ1) is 11.9. The van der Waals surface area contributed by atoms with E-state index in [2.05, 4.69) is 5.32 Å². The summed E-state index contributed by atoms with van der Waals surface area (Å²) in [5.74, 6) is 0.714. The lowest BCUT2D eigenvalue weighted by atomic mass is 9.96. The summed E-state index contributed by atoms with van der Waals surface area (Å²) in [6, 6.07) is 17.1. The third-order valence-corrected chi connectivity index (χ3v) is 3.80. The molecule has 1 atom stereocenters. The van der Waals surface area contributed by atoms with Crippen molar-refractivity contribution in [2.45, 2.75) is 38.7 Å². The van der Waals surface area contributed by atoms with E-state index in [1.807, 2.05) is 63.2 Å². The smallest absolute Gasteiger partial charge is 0.251 e. The quantitative estimate of drug-likeness (QED) is 0.806. The maximum atomic E-state index is 12.4. The van der Waals surface area contributed by atoms with Crippen molar-refractivity contribution in [3.05, 3.63) is 65.7 Å². The Morgan fingerprint density at radius 3 is 2.28 bits per heavy atom. The van der Waals surface area contributed by atoms with Crippen LogP contribution in [0, 0.1) is 0 Å². The second kappa shape index (κ2) is 8.67. The lowest BCUT2D eigenvalue weighted by molar-refractivity contribution is 0.0949. The van der Waals surface area contributed by atoms with Crippen LogP contribution in [0.2, 0.25) is 0 Å². The van der Waals surface area contributed by atoms with E-state index in [-0.39, 0.29) is 24.0 Å². The van der Waals surface area contributed by atoms with Crippen molar-refractivity contribution in [2.24, 2.45) is 0 Å². The second-order valence-electron chi connectivity index (χ2n) is 7.07. The van der Waals surface area contributed by atoms with Gasteiger partial charge in [0.25, 0.3) is 5.91 Å². The second-order valence-corrected chi connectivity index (χ2v) is 7.07. The fourth-order valence-electron chi connectivity index (χ4n) is 2.61. The van der Waals surface area contributed by atoms with Crippen LogP contribution in [-0.2, 0) is 0 Å². The minimum atomic E-state index is -0.267. The predicted molar refractivity (Wildman–Crippen MR) is 100 cm³/mol. The molecular weight excluding hydrogens is 314 g/mol. The summed E-state index contributed by atoms with van der Waals surface area (Å²) in [5, 5.41) is 12.2. The highest BCUT2D eigenvalue weighted by Crippen LogP contribution is 2.20. The molecule has 0 saturated heterocycles. The average molecular weight is 341 g/mol. The van der Waals surface area contributed by atoms with Gasteiger partial charge in [0.15, 0.2) is 0 Å². The van der Waals surface area contributed by atoms with E-state index in [4.69, 9.17) is 4.74 Å². The van der Waals surface area contributed by atoms with Crippen LogP contribution in [-0.4, -0.2) is 29.8 Å². The monoisotopic (exact) mass is 341 g/mol. The van der Waals surface area contributed by atoms with E-state index in [0.29, 0.717) is 18.5 Å². The number of hydrogen-bond donors (Lipinski definition) is 2. The van der Waals surface area contributed by atoms with Crippen LogP contribution in [0.1, 0.15) is 49.0 Å². The summed E-state index contributed by atoms with van der Waals surface area (Å²) in [5.41, 5.74) is 1.44. The fraction of sp³-hybridized carbons (Fsp3) is 0.381. The van der Waals surface area contributed by atoms with Gasteiger partial charge in [0.05, 0.1) is 0 Å². The molecule has 0 saturated carbocycles. The standard InChI is InChI=1S/C21H27NO3/c1-21(2,3)25-19-11-9-17(10-12-19)20(24)22-15-18(13-14-23)16-7-5-4-6-8-16/h4-12,18,23H,13-15H2,1-3H3,(H,22,24). The van der Waals surface area contributed by atoms with Crippen molar-refractivity contribution in [2.75, 3.05) is 13.2 Å². The van der Waals surface area contributed by atoms with Gasteiger partial charge >= 0.3 is 0 Å². The Balaban J connectivity index is 1.96. The molecule has 25 heavy (non-hydrogen) atoms. The van der Waals surface area contributed by atoms with Gasteiger partial charge < -0.3 is 15.2 Å². The van der Waals surface area contributed by atoms with Crippen molar-refractivity contribution in [3.63, 3.8) is 0 Å². The van der Waals surface area contributed by atoms with Gasteiger partial charge in [-0.3, -0.25) is 4.79 Å². The highest BCUT2D eigenvalue weighted by atomic mass is 16.5. The lowest BCUT2D eigenvalue weighted by Gasteiger charge is -2.21. The molecule has 4 heteroatoms. The van der Waals surface area contributed by atoms with E-state index in [1.165, 1.54) is 0 Å². The summed E-state index contributed by atoms with van der Waals surface area (Å²) in [7, 11) is 0. The molecule has 0 aromatic heterocycles. The molecule has 2 aromatic rings. The van der Waals surface area contributed by atoms with Gasteiger partial charge in [-0.05, 0) is 57.0 Å². The molecule has 0 radical (unpaired) electrons. The Kier molecular flexibility index (Phi) is 6.59. The van der Waals surface area contributed by atoms with Gasteiger partial charge in [-0.1, -0.05) is 30.3 Å². The summed E-state index contributed by atoms with van der Waals surface area (Å²) in [4.78, 5) is 12.4. The van der Waals surface area contributed by atoms with Gasteiger partial charge in [-0.25, -0.2) is 0 Å². The minimum absolute atomic E-state index is 0.0915. The Labute approximate surface area is 149 Å². The van der Waals surface area contributed by atoms with Crippen molar-refractivity contribution in [1.82, 2.24) is 5.32 Å². The van der Waals surface area contributed by atoms with E-state index in [1.54, 1.807) is 12.1 Å². The number of benzene rings is 2. The summed E-state index contributed by atoms with van der Waals surface area (Å²) in [6.45, 7) is 6.54. The molecule has 0 aliphatic rings. The number of rotatable bonds is 7. The van der Waals surface area contributed by atoms with Crippen LogP contribution in [0.4, 0.5) is 0 Å². The van der Waals surface area contributed by atoms with Gasteiger partial charge in [-0.2, -0.15) is 0 Å². The SMILES string of the molecule is CC(C)(C)Oc1ccc(C(=O)NCC(CCO)c2ccccc2)cc1. The van der Waals surface area contributed by atoms with Crippen molar-refractivity contribution < 1.29 is 14.6 Å². The lowest BCUT2D eigenvalue weighted by Crippen LogP contribution is -2.29. The molecule has 2 N–H and O–H groups in total. The summed E-state index contributed by atoms with van der Waals surface area (Å²) < 4.78 is 5.76. The molecule has 134 valence electrons. The third-order valence-electron chi connectivity index (χ3n) is 3.80. The molecule has 0 aliphatic carbocycles. The molecule has 2 aromatic carbocycles. The zero-order valence-corrected chi connectivity index (χ0v) is 15.2. The van der Waals surface area contributed by atoms with E-state index < -0.39 is 0 Å². The number of aliphatic hydroxyl groups is 1.